The highest BCUT2D eigenvalue weighted by Gasteiger charge is 2.33. The van der Waals surface area contributed by atoms with Gasteiger partial charge >= 0.3 is 0 Å². The molecular weight excluding hydrogens is 509 g/mol. The number of methoxy groups -OCH3 is 3. The molecular formula is C23H40IN3O4. The van der Waals surface area contributed by atoms with Crippen LogP contribution in [-0.2, 0) is 11.3 Å². The fourth-order valence-corrected chi connectivity index (χ4v) is 4.08. The predicted molar refractivity (Wildman–Crippen MR) is 136 cm³/mol. The van der Waals surface area contributed by atoms with Crippen LogP contribution in [0.1, 0.15) is 51.5 Å². The number of halogens is 1. The molecule has 7 nitrogen and oxygen atoms in total. The number of benzene rings is 1. The van der Waals surface area contributed by atoms with Crippen LogP contribution in [0.5, 0.6) is 17.2 Å². The molecule has 0 aromatic heterocycles. The van der Waals surface area contributed by atoms with E-state index < -0.39 is 0 Å². The Hall–Kier alpha value is -1.42. The van der Waals surface area contributed by atoms with Crippen molar-refractivity contribution in [3.63, 3.8) is 0 Å². The molecule has 0 heterocycles. The number of hydrogen-bond acceptors (Lipinski definition) is 5. The van der Waals surface area contributed by atoms with Crippen LogP contribution in [0.4, 0.5) is 0 Å². The van der Waals surface area contributed by atoms with Crippen molar-refractivity contribution in [1.29, 1.82) is 0 Å². The Bertz CT molecular complexity index is 654. The third-order valence-corrected chi connectivity index (χ3v) is 5.83. The number of aliphatic imine (C=N–C) groups is 1. The van der Waals surface area contributed by atoms with E-state index in [4.69, 9.17) is 23.9 Å². The zero-order chi connectivity index (χ0) is 21.8. The maximum Gasteiger partial charge on any atom is 0.191 e. The lowest BCUT2D eigenvalue weighted by Gasteiger charge is -2.30. The molecule has 8 heteroatoms. The van der Waals surface area contributed by atoms with Crippen molar-refractivity contribution >= 4 is 29.9 Å². The molecule has 0 atom stereocenters. The lowest BCUT2D eigenvalue weighted by Crippen LogP contribution is -2.43. The van der Waals surface area contributed by atoms with Gasteiger partial charge in [0.1, 0.15) is 17.2 Å². The average molecular weight is 549 g/mol. The Balaban J connectivity index is 0.00000480. The van der Waals surface area contributed by atoms with E-state index in [1.54, 1.807) is 21.3 Å². The molecule has 1 aliphatic rings. The van der Waals surface area contributed by atoms with E-state index in [0.717, 1.165) is 44.2 Å². The molecule has 1 aromatic carbocycles. The van der Waals surface area contributed by atoms with Gasteiger partial charge in [0.2, 0.25) is 0 Å². The van der Waals surface area contributed by atoms with E-state index in [0.29, 0.717) is 29.2 Å². The van der Waals surface area contributed by atoms with Gasteiger partial charge in [-0.25, -0.2) is 4.99 Å². The molecule has 31 heavy (non-hydrogen) atoms. The third-order valence-electron chi connectivity index (χ3n) is 5.83. The van der Waals surface area contributed by atoms with Crippen molar-refractivity contribution in [3.8, 4) is 17.2 Å². The largest absolute Gasteiger partial charge is 0.496 e. The summed E-state index contributed by atoms with van der Waals surface area (Å²) in [5, 5.41) is 6.94. The molecule has 0 bridgehead atoms. The predicted octanol–water partition coefficient (Wildman–Crippen LogP) is 4.37. The van der Waals surface area contributed by atoms with Crippen molar-refractivity contribution < 1.29 is 18.9 Å². The minimum Gasteiger partial charge on any atom is -0.496 e. The number of hydrogen-bond donors (Lipinski definition) is 2. The fraction of sp³-hybridized carbons (Fsp3) is 0.696. The van der Waals surface area contributed by atoms with E-state index >= 15 is 0 Å². The van der Waals surface area contributed by atoms with Gasteiger partial charge in [0.25, 0.3) is 0 Å². The summed E-state index contributed by atoms with van der Waals surface area (Å²) in [7, 11) is 4.92. The molecule has 178 valence electrons. The van der Waals surface area contributed by atoms with E-state index in [-0.39, 0.29) is 24.0 Å². The molecule has 1 aliphatic carbocycles. The molecule has 0 radical (unpaired) electrons. The molecule has 2 rings (SSSR count). The first kappa shape index (κ1) is 27.6. The first-order chi connectivity index (χ1) is 14.6. The van der Waals surface area contributed by atoms with Crippen LogP contribution in [-0.4, -0.2) is 53.6 Å². The Morgan fingerprint density at radius 2 is 1.65 bits per heavy atom. The summed E-state index contributed by atoms with van der Waals surface area (Å²) in [5.74, 6) is 2.91. The summed E-state index contributed by atoms with van der Waals surface area (Å²) < 4.78 is 22.1. The molecule has 1 aromatic rings. The van der Waals surface area contributed by atoms with Crippen LogP contribution in [0.2, 0.25) is 0 Å². The van der Waals surface area contributed by atoms with Crippen molar-refractivity contribution in [2.45, 2.75) is 52.5 Å². The molecule has 2 N–H and O–H groups in total. The molecule has 0 unspecified atom stereocenters. The normalized spacial score (nSPS) is 15.2. The Kier molecular flexibility index (Phi) is 13.0. The standard InChI is InChI=1S/C23H39N3O4.HI/c1-6-24-22(26-17-23(10-8-9-11-23)12-13-30-7-2)25-16-19-20(28-4)14-18(27-3)15-21(19)29-5;/h14-15H,6-13,16-17H2,1-5H3,(H2,24,25,26);1H. The number of nitrogens with one attached hydrogen (secondary N) is 2. The van der Waals surface area contributed by atoms with Gasteiger partial charge in [-0.05, 0) is 38.5 Å². The topological polar surface area (TPSA) is 73.3 Å². The highest BCUT2D eigenvalue weighted by atomic mass is 127. The summed E-state index contributed by atoms with van der Waals surface area (Å²) in [4.78, 5) is 4.81. The minimum atomic E-state index is 0. The molecule has 0 saturated heterocycles. The Morgan fingerprint density at radius 3 is 2.16 bits per heavy atom. The zero-order valence-electron chi connectivity index (χ0n) is 19.7. The highest BCUT2D eigenvalue weighted by Crippen LogP contribution is 2.40. The Labute approximate surface area is 204 Å². The summed E-state index contributed by atoms with van der Waals surface area (Å²) in [6.07, 6.45) is 6.16. The second kappa shape index (κ2) is 14.6. The van der Waals surface area contributed by atoms with Crippen LogP contribution >= 0.6 is 24.0 Å². The van der Waals surface area contributed by atoms with Gasteiger partial charge in [0, 0.05) is 38.4 Å². The monoisotopic (exact) mass is 549 g/mol. The van der Waals surface area contributed by atoms with Crippen molar-refractivity contribution in [2.75, 3.05) is 47.6 Å². The van der Waals surface area contributed by atoms with Gasteiger partial charge in [0.05, 0.1) is 33.4 Å². The smallest absolute Gasteiger partial charge is 0.191 e. The van der Waals surface area contributed by atoms with Gasteiger partial charge in [-0.1, -0.05) is 12.8 Å². The first-order valence-electron chi connectivity index (χ1n) is 11.0. The minimum absolute atomic E-state index is 0. The quantitative estimate of drug-likeness (QED) is 0.175. The maximum absolute atomic E-state index is 5.64. The lowest BCUT2D eigenvalue weighted by atomic mass is 9.83. The Morgan fingerprint density at radius 1 is 1.00 bits per heavy atom. The zero-order valence-corrected chi connectivity index (χ0v) is 22.0. The van der Waals surface area contributed by atoms with Crippen LogP contribution in [0.15, 0.2) is 17.1 Å². The molecule has 0 spiro atoms. The van der Waals surface area contributed by atoms with Gasteiger partial charge in [0.15, 0.2) is 5.96 Å². The van der Waals surface area contributed by atoms with Crippen LogP contribution in [0, 0.1) is 5.41 Å². The fourth-order valence-electron chi connectivity index (χ4n) is 4.08. The molecule has 0 amide bonds. The van der Waals surface area contributed by atoms with Crippen molar-refractivity contribution in [1.82, 2.24) is 10.6 Å². The SMILES string of the molecule is CCNC(=NCc1c(OC)cc(OC)cc1OC)NCC1(CCOCC)CCCC1.I. The van der Waals surface area contributed by atoms with Gasteiger partial charge in [-0.15, -0.1) is 24.0 Å². The number of guanidine groups is 1. The third kappa shape index (κ3) is 8.21. The number of nitrogens with zero attached hydrogens (tertiary/aromatic N) is 1. The van der Waals surface area contributed by atoms with E-state index in [2.05, 4.69) is 24.5 Å². The second-order valence-corrected chi connectivity index (χ2v) is 7.71. The highest BCUT2D eigenvalue weighted by molar-refractivity contribution is 14.0. The summed E-state index contributed by atoms with van der Waals surface area (Å²) in [6, 6.07) is 3.71. The number of rotatable bonds is 12. The van der Waals surface area contributed by atoms with Crippen LogP contribution in [0.3, 0.4) is 0 Å². The van der Waals surface area contributed by atoms with Crippen molar-refractivity contribution in [2.24, 2.45) is 10.4 Å². The average Bonchev–Trinajstić information content (AvgIpc) is 3.24. The van der Waals surface area contributed by atoms with E-state index in [9.17, 15) is 0 Å². The van der Waals surface area contributed by atoms with Gasteiger partial charge in [-0.3, -0.25) is 0 Å². The van der Waals surface area contributed by atoms with Crippen molar-refractivity contribution in [3.05, 3.63) is 17.7 Å². The van der Waals surface area contributed by atoms with Crippen LogP contribution in [0.25, 0.3) is 0 Å². The van der Waals surface area contributed by atoms with Crippen LogP contribution < -0.4 is 24.8 Å². The summed E-state index contributed by atoms with van der Waals surface area (Å²) in [5.41, 5.74) is 1.19. The van der Waals surface area contributed by atoms with E-state index in [1.165, 1.54) is 25.7 Å². The molecule has 1 fully saturated rings. The molecule has 0 aliphatic heterocycles. The second-order valence-electron chi connectivity index (χ2n) is 7.71. The summed E-state index contributed by atoms with van der Waals surface area (Å²) >= 11 is 0. The summed E-state index contributed by atoms with van der Waals surface area (Å²) in [6.45, 7) is 7.88. The van der Waals surface area contributed by atoms with Gasteiger partial charge in [-0.2, -0.15) is 0 Å². The van der Waals surface area contributed by atoms with E-state index in [1.807, 2.05) is 12.1 Å². The first-order valence-corrected chi connectivity index (χ1v) is 11.0. The molecule has 1 saturated carbocycles. The lowest BCUT2D eigenvalue weighted by molar-refractivity contribution is 0.105. The van der Waals surface area contributed by atoms with Gasteiger partial charge < -0.3 is 29.6 Å². The number of ether oxygens (including phenoxy) is 4. The maximum atomic E-state index is 5.64.